The van der Waals surface area contributed by atoms with Crippen molar-refractivity contribution in [3.05, 3.63) is 29.8 Å². The number of hydrogen-bond acceptors (Lipinski definition) is 5. The number of rotatable bonds is 6. The van der Waals surface area contributed by atoms with Crippen LogP contribution in [0.5, 0.6) is 5.75 Å². The van der Waals surface area contributed by atoms with Crippen LogP contribution in [0.4, 0.5) is 0 Å². The van der Waals surface area contributed by atoms with E-state index in [0.29, 0.717) is 52.4 Å². The van der Waals surface area contributed by atoms with Gasteiger partial charge in [0, 0.05) is 44.9 Å². The topological polar surface area (TPSA) is 82.8 Å². The van der Waals surface area contributed by atoms with Crippen molar-refractivity contribution in [1.82, 2.24) is 5.32 Å². The second-order valence-electron chi connectivity index (χ2n) is 7.40. The van der Waals surface area contributed by atoms with E-state index in [1.54, 1.807) is 7.11 Å². The van der Waals surface area contributed by atoms with Crippen molar-refractivity contribution < 1.29 is 19.0 Å². The van der Waals surface area contributed by atoms with Gasteiger partial charge in [-0.3, -0.25) is 4.79 Å². The van der Waals surface area contributed by atoms with E-state index < -0.39 is 5.41 Å². The fourth-order valence-electron chi connectivity index (χ4n) is 4.00. The van der Waals surface area contributed by atoms with Crippen LogP contribution in [-0.4, -0.2) is 52.5 Å². The van der Waals surface area contributed by atoms with Crippen LogP contribution < -0.4 is 15.8 Å². The van der Waals surface area contributed by atoms with Crippen LogP contribution >= 0.6 is 0 Å². The number of carbonyl (C=O) groups is 1. The lowest BCUT2D eigenvalue weighted by molar-refractivity contribution is -0.136. The molecule has 0 unspecified atom stereocenters. The number of methoxy groups -OCH3 is 1. The molecular formula is C20H30N2O4. The van der Waals surface area contributed by atoms with Crippen LogP contribution in [0, 0.1) is 5.41 Å². The fraction of sp³-hybridized carbons (Fsp3) is 0.650. The van der Waals surface area contributed by atoms with E-state index in [-0.39, 0.29) is 11.3 Å². The Labute approximate surface area is 155 Å². The minimum Gasteiger partial charge on any atom is -0.497 e. The molecule has 6 nitrogen and oxygen atoms in total. The SMILES string of the molecule is COc1ccc(C2(CNC(=O)C3(CN)CCOCC3)CCOCC2)cc1. The molecule has 0 radical (unpaired) electrons. The third kappa shape index (κ3) is 3.87. The normalized spacial score (nSPS) is 21.8. The molecule has 0 atom stereocenters. The fourth-order valence-corrected chi connectivity index (χ4v) is 4.00. The van der Waals surface area contributed by atoms with Crippen molar-refractivity contribution in [2.24, 2.45) is 11.1 Å². The maximum atomic E-state index is 13.0. The third-order valence-corrected chi connectivity index (χ3v) is 6.06. The van der Waals surface area contributed by atoms with E-state index >= 15 is 0 Å². The molecular weight excluding hydrogens is 332 g/mol. The van der Waals surface area contributed by atoms with E-state index in [4.69, 9.17) is 19.9 Å². The summed E-state index contributed by atoms with van der Waals surface area (Å²) in [4.78, 5) is 13.0. The average molecular weight is 362 g/mol. The van der Waals surface area contributed by atoms with Crippen LogP contribution in [0.15, 0.2) is 24.3 Å². The summed E-state index contributed by atoms with van der Waals surface area (Å²) in [5.74, 6) is 0.895. The Balaban J connectivity index is 1.74. The first kappa shape index (κ1) is 19.1. The summed E-state index contributed by atoms with van der Waals surface area (Å²) >= 11 is 0. The van der Waals surface area contributed by atoms with E-state index in [9.17, 15) is 4.79 Å². The smallest absolute Gasteiger partial charge is 0.227 e. The molecule has 2 aliphatic rings. The number of amides is 1. The quantitative estimate of drug-likeness (QED) is 0.803. The molecule has 2 fully saturated rings. The van der Waals surface area contributed by atoms with Crippen molar-refractivity contribution in [2.75, 3.05) is 46.6 Å². The summed E-state index contributed by atoms with van der Waals surface area (Å²) in [7, 11) is 1.67. The van der Waals surface area contributed by atoms with Crippen LogP contribution in [-0.2, 0) is 19.7 Å². The number of ether oxygens (including phenoxy) is 3. The van der Waals surface area contributed by atoms with Gasteiger partial charge in [0.1, 0.15) is 5.75 Å². The zero-order chi connectivity index (χ0) is 18.5. The Bertz CT molecular complexity index is 590. The summed E-state index contributed by atoms with van der Waals surface area (Å²) in [6.45, 7) is 3.57. The molecule has 1 aromatic carbocycles. The molecule has 0 saturated carbocycles. The standard InChI is InChI=1S/C20H30N2O4/c1-24-17-4-2-16(3-5-17)20(8-12-26-13-9-20)15-22-18(23)19(14-21)6-10-25-11-7-19/h2-5H,6-15,21H2,1H3,(H,22,23). The van der Waals surface area contributed by atoms with Gasteiger partial charge in [0.05, 0.1) is 12.5 Å². The average Bonchev–Trinajstić information content (AvgIpc) is 2.73. The summed E-state index contributed by atoms with van der Waals surface area (Å²) in [6.07, 6.45) is 3.15. The molecule has 6 heteroatoms. The Morgan fingerprint density at radius 2 is 1.65 bits per heavy atom. The molecule has 0 aromatic heterocycles. The van der Waals surface area contributed by atoms with E-state index in [1.165, 1.54) is 5.56 Å². The van der Waals surface area contributed by atoms with Gasteiger partial charge in [-0.2, -0.15) is 0 Å². The van der Waals surface area contributed by atoms with Crippen molar-refractivity contribution in [2.45, 2.75) is 31.1 Å². The number of nitrogens with two attached hydrogens (primary N) is 1. The maximum Gasteiger partial charge on any atom is 0.227 e. The minimum absolute atomic E-state index is 0.0580. The molecule has 3 N–H and O–H groups in total. The van der Waals surface area contributed by atoms with Gasteiger partial charge in [-0.05, 0) is 43.4 Å². The largest absolute Gasteiger partial charge is 0.497 e. The lowest BCUT2D eigenvalue weighted by Crippen LogP contribution is -2.53. The van der Waals surface area contributed by atoms with Gasteiger partial charge in [-0.25, -0.2) is 0 Å². The van der Waals surface area contributed by atoms with Gasteiger partial charge in [-0.15, -0.1) is 0 Å². The first-order valence-electron chi connectivity index (χ1n) is 9.43. The third-order valence-electron chi connectivity index (χ3n) is 6.06. The highest BCUT2D eigenvalue weighted by Gasteiger charge is 2.41. The van der Waals surface area contributed by atoms with Crippen LogP contribution in [0.3, 0.4) is 0 Å². The van der Waals surface area contributed by atoms with Crippen molar-refractivity contribution in [1.29, 1.82) is 0 Å². The Hall–Kier alpha value is -1.63. The maximum absolute atomic E-state index is 13.0. The molecule has 1 aromatic rings. The lowest BCUT2D eigenvalue weighted by atomic mass is 9.73. The Morgan fingerprint density at radius 3 is 2.19 bits per heavy atom. The molecule has 0 aliphatic carbocycles. The van der Waals surface area contributed by atoms with Crippen LogP contribution in [0.1, 0.15) is 31.2 Å². The van der Waals surface area contributed by atoms with E-state index in [1.807, 2.05) is 12.1 Å². The number of nitrogens with one attached hydrogen (secondary N) is 1. The van der Waals surface area contributed by atoms with Gasteiger partial charge in [0.15, 0.2) is 0 Å². The highest BCUT2D eigenvalue weighted by Crippen LogP contribution is 2.36. The molecule has 2 heterocycles. The number of hydrogen-bond donors (Lipinski definition) is 2. The van der Waals surface area contributed by atoms with Gasteiger partial charge >= 0.3 is 0 Å². The first-order valence-corrected chi connectivity index (χ1v) is 9.43. The summed E-state index contributed by atoms with van der Waals surface area (Å²) in [6, 6.07) is 8.16. The zero-order valence-corrected chi connectivity index (χ0v) is 15.6. The highest BCUT2D eigenvalue weighted by atomic mass is 16.5. The zero-order valence-electron chi connectivity index (χ0n) is 15.6. The molecule has 144 valence electrons. The molecule has 0 bridgehead atoms. The molecule has 0 spiro atoms. The number of benzene rings is 1. The van der Waals surface area contributed by atoms with Gasteiger partial charge in [0.2, 0.25) is 5.91 Å². The van der Waals surface area contributed by atoms with Crippen LogP contribution in [0.2, 0.25) is 0 Å². The lowest BCUT2D eigenvalue weighted by Gasteiger charge is -2.40. The summed E-state index contributed by atoms with van der Waals surface area (Å²) < 4.78 is 16.3. The predicted molar refractivity (Wildman–Crippen MR) is 99.3 cm³/mol. The molecule has 1 amide bonds. The summed E-state index contributed by atoms with van der Waals surface area (Å²) in [5.41, 5.74) is 6.59. The molecule has 26 heavy (non-hydrogen) atoms. The highest BCUT2D eigenvalue weighted by molar-refractivity contribution is 5.83. The Morgan fingerprint density at radius 1 is 1.08 bits per heavy atom. The van der Waals surface area contributed by atoms with Crippen molar-refractivity contribution >= 4 is 5.91 Å². The Kier molecular flexibility index (Phi) is 6.16. The van der Waals surface area contributed by atoms with E-state index in [0.717, 1.165) is 18.6 Å². The second-order valence-corrected chi connectivity index (χ2v) is 7.40. The van der Waals surface area contributed by atoms with Gasteiger partial charge in [-0.1, -0.05) is 12.1 Å². The molecule has 2 saturated heterocycles. The summed E-state index contributed by atoms with van der Waals surface area (Å²) in [5, 5.41) is 3.22. The van der Waals surface area contributed by atoms with Gasteiger partial charge in [0.25, 0.3) is 0 Å². The van der Waals surface area contributed by atoms with Crippen LogP contribution in [0.25, 0.3) is 0 Å². The second kappa shape index (κ2) is 8.37. The first-order chi connectivity index (χ1) is 12.6. The minimum atomic E-state index is -0.496. The molecule has 2 aliphatic heterocycles. The van der Waals surface area contributed by atoms with Crippen molar-refractivity contribution in [3.8, 4) is 5.75 Å². The van der Waals surface area contributed by atoms with Crippen molar-refractivity contribution in [3.63, 3.8) is 0 Å². The monoisotopic (exact) mass is 362 g/mol. The van der Waals surface area contributed by atoms with Gasteiger partial charge < -0.3 is 25.3 Å². The van der Waals surface area contributed by atoms with E-state index in [2.05, 4.69) is 17.4 Å². The predicted octanol–water partition coefficient (Wildman–Crippen LogP) is 1.62. The number of carbonyl (C=O) groups excluding carboxylic acids is 1. The molecule has 3 rings (SSSR count).